The first-order chi connectivity index (χ1) is 12.5. The number of nitrogens with zero attached hydrogens (tertiary/aromatic N) is 2. The summed E-state index contributed by atoms with van der Waals surface area (Å²) in [6.45, 7) is 2.34. The topological polar surface area (TPSA) is 64.0 Å². The van der Waals surface area contributed by atoms with Crippen LogP contribution in [0.15, 0.2) is 52.4 Å². The van der Waals surface area contributed by atoms with Gasteiger partial charge in [-0.3, -0.25) is 14.2 Å². The zero-order valence-corrected chi connectivity index (χ0v) is 16.2. The van der Waals surface area contributed by atoms with Gasteiger partial charge in [0.15, 0.2) is 5.16 Å². The molecule has 0 saturated carbocycles. The van der Waals surface area contributed by atoms with Gasteiger partial charge in [-0.1, -0.05) is 47.1 Å². The third-order valence-electron chi connectivity index (χ3n) is 3.68. The number of hydrogen-bond acceptors (Lipinski definition) is 4. The molecule has 0 aliphatic rings. The summed E-state index contributed by atoms with van der Waals surface area (Å²) in [6, 6.07) is 12.0. The quantitative estimate of drug-likeness (QED) is 0.500. The Kier molecular flexibility index (Phi) is 5.86. The van der Waals surface area contributed by atoms with Gasteiger partial charge in [0, 0.05) is 11.6 Å². The monoisotopic (exact) mass is 407 g/mol. The highest BCUT2D eigenvalue weighted by molar-refractivity contribution is 7.99. The Bertz CT molecular complexity index is 1040. The maximum atomic E-state index is 12.6. The molecule has 8 heteroatoms. The summed E-state index contributed by atoms with van der Waals surface area (Å²) >= 11 is 13.2. The number of carbonyl (C=O) groups excluding carboxylic acids is 1. The van der Waals surface area contributed by atoms with Crippen molar-refractivity contribution in [1.82, 2.24) is 9.55 Å². The van der Waals surface area contributed by atoms with E-state index in [1.807, 2.05) is 13.0 Å². The van der Waals surface area contributed by atoms with Gasteiger partial charge >= 0.3 is 0 Å². The van der Waals surface area contributed by atoms with E-state index in [1.54, 1.807) is 41.0 Å². The second-order valence-corrected chi connectivity index (χ2v) is 7.21. The van der Waals surface area contributed by atoms with Crippen molar-refractivity contribution in [2.24, 2.45) is 0 Å². The molecule has 26 heavy (non-hydrogen) atoms. The van der Waals surface area contributed by atoms with Gasteiger partial charge in [0.25, 0.3) is 5.56 Å². The number of rotatable bonds is 5. The Hall–Kier alpha value is -2.02. The summed E-state index contributed by atoms with van der Waals surface area (Å²) in [7, 11) is 0. The number of para-hydroxylation sites is 1. The fourth-order valence-corrected chi connectivity index (χ4v) is 3.65. The predicted octanol–water partition coefficient (Wildman–Crippen LogP) is 4.45. The summed E-state index contributed by atoms with van der Waals surface area (Å²) in [5.74, 6) is -0.169. The molecule has 3 rings (SSSR count). The molecule has 0 atom stereocenters. The zero-order valence-electron chi connectivity index (χ0n) is 13.8. The lowest BCUT2D eigenvalue weighted by atomic mass is 10.2. The average molecular weight is 408 g/mol. The van der Waals surface area contributed by atoms with Crippen molar-refractivity contribution in [3.8, 4) is 0 Å². The minimum Gasteiger partial charge on any atom is -0.324 e. The van der Waals surface area contributed by atoms with Crippen LogP contribution in [0.25, 0.3) is 10.9 Å². The predicted molar refractivity (Wildman–Crippen MR) is 107 cm³/mol. The van der Waals surface area contributed by atoms with Crippen molar-refractivity contribution in [1.29, 1.82) is 0 Å². The molecule has 1 aromatic heterocycles. The van der Waals surface area contributed by atoms with E-state index < -0.39 is 0 Å². The Morgan fingerprint density at radius 2 is 2.00 bits per heavy atom. The van der Waals surface area contributed by atoms with Crippen molar-refractivity contribution in [2.45, 2.75) is 18.6 Å². The standard InChI is InChI=1S/C18H15Cl2N3O2S/c1-2-23-17(25)12-5-3-4-6-14(12)22-18(23)26-10-16(24)21-15-9-11(19)7-8-13(15)20/h3-9H,2,10H2,1H3,(H,21,24). The molecule has 0 unspecified atom stereocenters. The molecule has 1 heterocycles. The largest absolute Gasteiger partial charge is 0.324 e. The van der Waals surface area contributed by atoms with Gasteiger partial charge in [-0.05, 0) is 37.3 Å². The number of hydrogen-bond donors (Lipinski definition) is 1. The highest BCUT2D eigenvalue weighted by Gasteiger charge is 2.13. The second kappa shape index (κ2) is 8.12. The van der Waals surface area contributed by atoms with Gasteiger partial charge in [0.05, 0.1) is 27.4 Å². The molecule has 0 fully saturated rings. The molecule has 1 N–H and O–H groups in total. The van der Waals surface area contributed by atoms with Crippen molar-refractivity contribution >= 4 is 57.5 Å². The van der Waals surface area contributed by atoms with E-state index in [1.165, 1.54) is 11.8 Å². The van der Waals surface area contributed by atoms with Crippen LogP contribution in [0.3, 0.4) is 0 Å². The van der Waals surface area contributed by atoms with Crippen molar-refractivity contribution < 1.29 is 4.79 Å². The Morgan fingerprint density at radius 3 is 2.77 bits per heavy atom. The third-order valence-corrected chi connectivity index (χ3v) is 5.22. The molecule has 1 amide bonds. The van der Waals surface area contributed by atoms with Crippen LogP contribution in [0.5, 0.6) is 0 Å². The molecule has 0 bridgehead atoms. The summed E-state index contributed by atoms with van der Waals surface area (Å²) in [5.41, 5.74) is 0.950. The van der Waals surface area contributed by atoms with E-state index in [0.29, 0.717) is 38.3 Å². The second-order valence-electron chi connectivity index (χ2n) is 5.42. The summed E-state index contributed by atoms with van der Waals surface area (Å²) in [4.78, 5) is 29.3. The Balaban J connectivity index is 1.80. The van der Waals surface area contributed by atoms with E-state index in [2.05, 4.69) is 10.3 Å². The number of benzene rings is 2. The first-order valence-corrected chi connectivity index (χ1v) is 9.61. The molecule has 0 saturated heterocycles. The van der Waals surface area contributed by atoms with E-state index in [4.69, 9.17) is 23.2 Å². The van der Waals surface area contributed by atoms with Gasteiger partial charge < -0.3 is 5.32 Å². The molecular weight excluding hydrogens is 393 g/mol. The van der Waals surface area contributed by atoms with Gasteiger partial charge in [-0.2, -0.15) is 0 Å². The van der Waals surface area contributed by atoms with E-state index in [-0.39, 0.29) is 17.2 Å². The first-order valence-electron chi connectivity index (χ1n) is 7.87. The van der Waals surface area contributed by atoms with Crippen LogP contribution in [0, 0.1) is 0 Å². The lowest BCUT2D eigenvalue weighted by Crippen LogP contribution is -2.23. The highest BCUT2D eigenvalue weighted by Crippen LogP contribution is 2.26. The average Bonchev–Trinajstić information content (AvgIpc) is 2.63. The summed E-state index contributed by atoms with van der Waals surface area (Å²) in [6.07, 6.45) is 0. The van der Waals surface area contributed by atoms with Crippen molar-refractivity contribution in [2.75, 3.05) is 11.1 Å². The van der Waals surface area contributed by atoms with Crippen LogP contribution in [0.2, 0.25) is 10.0 Å². The normalized spacial score (nSPS) is 10.9. The van der Waals surface area contributed by atoms with Crippen LogP contribution in [0.1, 0.15) is 6.92 Å². The minimum atomic E-state index is -0.260. The molecule has 0 aliphatic carbocycles. The maximum absolute atomic E-state index is 12.6. The lowest BCUT2D eigenvalue weighted by Gasteiger charge is -2.11. The van der Waals surface area contributed by atoms with Crippen LogP contribution in [-0.4, -0.2) is 21.2 Å². The van der Waals surface area contributed by atoms with E-state index in [9.17, 15) is 9.59 Å². The lowest BCUT2D eigenvalue weighted by molar-refractivity contribution is -0.113. The molecule has 2 aromatic carbocycles. The van der Waals surface area contributed by atoms with E-state index in [0.717, 1.165) is 0 Å². The number of nitrogens with one attached hydrogen (secondary N) is 1. The molecule has 0 radical (unpaired) electrons. The number of fused-ring (bicyclic) bond motifs is 1. The van der Waals surface area contributed by atoms with Gasteiger partial charge in [-0.25, -0.2) is 4.98 Å². The van der Waals surface area contributed by atoms with Crippen LogP contribution in [0.4, 0.5) is 5.69 Å². The van der Waals surface area contributed by atoms with E-state index >= 15 is 0 Å². The number of carbonyl (C=O) groups is 1. The molecule has 5 nitrogen and oxygen atoms in total. The smallest absolute Gasteiger partial charge is 0.262 e. The fourth-order valence-electron chi connectivity index (χ4n) is 2.45. The number of halogens is 2. The van der Waals surface area contributed by atoms with Crippen LogP contribution < -0.4 is 10.9 Å². The number of thioether (sulfide) groups is 1. The number of amides is 1. The summed E-state index contributed by atoms with van der Waals surface area (Å²) in [5, 5.41) is 4.67. The van der Waals surface area contributed by atoms with Crippen LogP contribution >= 0.6 is 35.0 Å². The minimum absolute atomic E-state index is 0.0909. The van der Waals surface area contributed by atoms with Crippen molar-refractivity contribution in [3.63, 3.8) is 0 Å². The SMILES string of the molecule is CCn1c(SCC(=O)Nc2cc(Cl)ccc2Cl)nc2ccccc2c1=O. The van der Waals surface area contributed by atoms with Gasteiger partial charge in [0.1, 0.15) is 0 Å². The molecular formula is C18H15Cl2N3O2S. The maximum Gasteiger partial charge on any atom is 0.262 e. The Morgan fingerprint density at radius 1 is 1.23 bits per heavy atom. The zero-order chi connectivity index (χ0) is 18.7. The Labute approximate surface area is 164 Å². The number of aromatic nitrogens is 2. The molecule has 0 spiro atoms. The van der Waals surface area contributed by atoms with Gasteiger partial charge in [0.2, 0.25) is 5.91 Å². The number of anilines is 1. The molecule has 3 aromatic rings. The highest BCUT2D eigenvalue weighted by atomic mass is 35.5. The molecule has 0 aliphatic heterocycles. The summed E-state index contributed by atoms with van der Waals surface area (Å²) < 4.78 is 1.56. The van der Waals surface area contributed by atoms with Crippen LogP contribution in [-0.2, 0) is 11.3 Å². The third kappa shape index (κ3) is 4.03. The van der Waals surface area contributed by atoms with Crippen molar-refractivity contribution in [3.05, 3.63) is 62.9 Å². The van der Waals surface area contributed by atoms with Gasteiger partial charge in [-0.15, -0.1) is 0 Å². The fraction of sp³-hybridized carbons (Fsp3) is 0.167. The molecule has 134 valence electrons. The first kappa shape index (κ1) is 18.8.